The molecule has 1 aromatic rings. The van der Waals surface area contributed by atoms with Crippen molar-refractivity contribution in [1.29, 1.82) is 0 Å². The fourth-order valence-electron chi connectivity index (χ4n) is 1.02. The van der Waals surface area contributed by atoms with Crippen LogP contribution in [0.2, 0.25) is 0 Å². The molecule has 4 nitrogen and oxygen atoms in total. The number of aliphatic hydroxyl groups is 1. The molecule has 0 aliphatic carbocycles. The number of nitrogens with zero attached hydrogens (tertiary/aromatic N) is 2. The Kier molecular flexibility index (Phi) is 2.25. The summed E-state index contributed by atoms with van der Waals surface area (Å²) in [5.41, 5.74) is 3.86. The summed E-state index contributed by atoms with van der Waals surface area (Å²) in [7, 11) is 0. The first-order valence-electron chi connectivity index (χ1n) is 3.68. The van der Waals surface area contributed by atoms with Crippen molar-refractivity contribution in [2.75, 3.05) is 5.73 Å². The van der Waals surface area contributed by atoms with Crippen molar-refractivity contribution in [2.24, 2.45) is 0 Å². The van der Waals surface area contributed by atoms with Crippen molar-refractivity contribution in [3.63, 3.8) is 0 Å². The van der Waals surface area contributed by atoms with Crippen LogP contribution in [-0.2, 0) is 5.60 Å². The van der Waals surface area contributed by atoms with E-state index in [-0.39, 0.29) is 11.5 Å². The first kappa shape index (κ1) is 9.91. The number of halogens is 2. The van der Waals surface area contributed by atoms with Gasteiger partial charge in [-0.2, -0.15) is 13.9 Å². The van der Waals surface area contributed by atoms with Gasteiger partial charge in [0.2, 0.25) is 0 Å². The molecule has 13 heavy (non-hydrogen) atoms. The van der Waals surface area contributed by atoms with Gasteiger partial charge in [0.1, 0.15) is 11.4 Å². The maximum Gasteiger partial charge on any atom is 0.333 e. The third-order valence-corrected chi connectivity index (χ3v) is 1.57. The van der Waals surface area contributed by atoms with E-state index < -0.39 is 12.2 Å². The van der Waals surface area contributed by atoms with Gasteiger partial charge in [-0.1, -0.05) is 0 Å². The van der Waals surface area contributed by atoms with Crippen LogP contribution in [0.15, 0.2) is 6.07 Å². The van der Waals surface area contributed by atoms with Crippen LogP contribution < -0.4 is 5.73 Å². The predicted molar refractivity (Wildman–Crippen MR) is 43.1 cm³/mol. The third-order valence-electron chi connectivity index (χ3n) is 1.57. The Bertz CT molecular complexity index is 303. The maximum atomic E-state index is 12.3. The summed E-state index contributed by atoms with van der Waals surface area (Å²) in [6.07, 6.45) is 0. The highest BCUT2D eigenvalue weighted by molar-refractivity contribution is 5.31. The van der Waals surface area contributed by atoms with Gasteiger partial charge in [0, 0.05) is 6.07 Å². The lowest BCUT2D eigenvalue weighted by atomic mass is 10.1. The fraction of sp³-hybridized carbons (Fsp3) is 0.571. The van der Waals surface area contributed by atoms with Gasteiger partial charge in [-0.05, 0) is 13.8 Å². The van der Waals surface area contributed by atoms with E-state index in [1.807, 2.05) is 0 Å². The molecule has 0 spiro atoms. The van der Waals surface area contributed by atoms with Crippen molar-refractivity contribution >= 4 is 5.82 Å². The lowest BCUT2D eigenvalue weighted by Gasteiger charge is -2.18. The van der Waals surface area contributed by atoms with Gasteiger partial charge in [-0.25, -0.2) is 4.68 Å². The fourth-order valence-corrected chi connectivity index (χ4v) is 1.02. The SMILES string of the molecule is CC(C)(O)c1cc(N)nn1C(F)F. The van der Waals surface area contributed by atoms with E-state index in [0.717, 1.165) is 0 Å². The summed E-state index contributed by atoms with van der Waals surface area (Å²) < 4.78 is 25.0. The number of rotatable bonds is 2. The van der Waals surface area contributed by atoms with Gasteiger partial charge >= 0.3 is 6.55 Å². The van der Waals surface area contributed by atoms with Crippen LogP contribution in [0.4, 0.5) is 14.6 Å². The molecule has 0 radical (unpaired) electrons. The third kappa shape index (κ3) is 1.95. The second-order valence-corrected chi connectivity index (χ2v) is 3.24. The highest BCUT2D eigenvalue weighted by atomic mass is 19.3. The quantitative estimate of drug-likeness (QED) is 0.735. The Morgan fingerprint density at radius 2 is 2.15 bits per heavy atom. The zero-order valence-corrected chi connectivity index (χ0v) is 7.33. The van der Waals surface area contributed by atoms with Gasteiger partial charge in [0.05, 0.1) is 5.69 Å². The normalized spacial score (nSPS) is 12.5. The van der Waals surface area contributed by atoms with Crippen molar-refractivity contribution in [1.82, 2.24) is 9.78 Å². The van der Waals surface area contributed by atoms with Gasteiger partial charge in [0.25, 0.3) is 0 Å². The highest BCUT2D eigenvalue weighted by Crippen LogP contribution is 2.25. The molecule has 0 saturated carbocycles. The smallest absolute Gasteiger partial charge is 0.333 e. The summed E-state index contributed by atoms with van der Waals surface area (Å²) in [6.45, 7) is -0.0104. The van der Waals surface area contributed by atoms with Crippen LogP contribution in [0.3, 0.4) is 0 Å². The van der Waals surface area contributed by atoms with Crippen molar-refractivity contribution in [3.05, 3.63) is 11.8 Å². The number of anilines is 1. The van der Waals surface area contributed by atoms with E-state index in [0.29, 0.717) is 4.68 Å². The van der Waals surface area contributed by atoms with Crippen LogP contribution in [0.5, 0.6) is 0 Å². The number of nitrogen functional groups attached to an aromatic ring is 1. The lowest BCUT2D eigenvalue weighted by molar-refractivity contribution is 0.0187. The molecule has 74 valence electrons. The Morgan fingerprint density at radius 1 is 1.62 bits per heavy atom. The van der Waals surface area contributed by atoms with Crippen molar-refractivity contribution in [3.8, 4) is 0 Å². The van der Waals surface area contributed by atoms with Crippen LogP contribution in [0, 0.1) is 0 Å². The molecule has 0 aliphatic rings. The minimum atomic E-state index is -2.79. The molecule has 1 aromatic heterocycles. The molecule has 1 rings (SSSR count). The minimum Gasteiger partial charge on any atom is -0.384 e. The molecule has 1 heterocycles. The second-order valence-electron chi connectivity index (χ2n) is 3.24. The number of hydrogen-bond acceptors (Lipinski definition) is 3. The molecular weight excluding hydrogens is 180 g/mol. The number of nitrogens with two attached hydrogens (primary N) is 1. The van der Waals surface area contributed by atoms with E-state index in [1.54, 1.807) is 0 Å². The largest absolute Gasteiger partial charge is 0.384 e. The van der Waals surface area contributed by atoms with Crippen LogP contribution in [0.25, 0.3) is 0 Å². The molecule has 3 N–H and O–H groups in total. The Labute approximate surface area is 74.0 Å². The molecule has 0 aliphatic heterocycles. The lowest BCUT2D eigenvalue weighted by Crippen LogP contribution is -2.21. The van der Waals surface area contributed by atoms with E-state index in [9.17, 15) is 13.9 Å². The average molecular weight is 191 g/mol. The van der Waals surface area contributed by atoms with Gasteiger partial charge < -0.3 is 10.8 Å². The molecule has 0 saturated heterocycles. The Morgan fingerprint density at radius 3 is 2.46 bits per heavy atom. The van der Waals surface area contributed by atoms with E-state index in [1.165, 1.54) is 19.9 Å². The molecule has 0 fully saturated rings. The molecule has 0 bridgehead atoms. The monoisotopic (exact) mass is 191 g/mol. The van der Waals surface area contributed by atoms with E-state index in [2.05, 4.69) is 5.10 Å². The van der Waals surface area contributed by atoms with Gasteiger partial charge in [-0.3, -0.25) is 0 Å². The zero-order valence-electron chi connectivity index (χ0n) is 7.33. The van der Waals surface area contributed by atoms with Crippen molar-refractivity contribution in [2.45, 2.75) is 26.0 Å². The van der Waals surface area contributed by atoms with Crippen LogP contribution >= 0.6 is 0 Å². The predicted octanol–water partition coefficient (Wildman–Crippen LogP) is 1.09. The van der Waals surface area contributed by atoms with E-state index in [4.69, 9.17) is 5.73 Å². The van der Waals surface area contributed by atoms with Crippen LogP contribution in [0.1, 0.15) is 26.1 Å². The molecule has 6 heteroatoms. The first-order valence-corrected chi connectivity index (χ1v) is 3.68. The van der Waals surface area contributed by atoms with Crippen LogP contribution in [-0.4, -0.2) is 14.9 Å². The molecule has 0 atom stereocenters. The summed E-state index contributed by atoms with van der Waals surface area (Å²) >= 11 is 0. The molecule has 0 amide bonds. The number of aromatic nitrogens is 2. The topological polar surface area (TPSA) is 64.1 Å². The van der Waals surface area contributed by atoms with E-state index >= 15 is 0 Å². The number of alkyl halides is 2. The summed E-state index contributed by atoms with van der Waals surface area (Å²) in [5, 5.41) is 12.8. The molecular formula is C7H11F2N3O. The zero-order chi connectivity index (χ0) is 10.2. The Hall–Kier alpha value is -1.17. The maximum absolute atomic E-state index is 12.3. The summed E-state index contributed by atoms with van der Waals surface area (Å²) in [6, 6.07) is 1.23. The minimum absolute atomic E-state index is 0.000000000000000444. The van der Waals surface area contributed by atoms with Gasteiger partial charge in [0.15, 0.2) is 0 Å². The van der Waals surface area contributed by atoms with Gasteiger partial charge in [-0.15, -0.1) is 0 Å². The van der Waals surface area contributed by atoms with Crippen molar-refractivity contribution < 1.29 is 13.9 Å². The Balaban J connectivity index is 3.20. The standard InChI is InChI=1S/C7H11F2N3O/c1-7(2,13)4-3-5(10)11-12(4)6(8)9/h3,6,13H,1-2H3,(H2,10,11). The summed E-state index contributed by atoms with van der Waals surface area (Å²) in [4.78, 5) is 0. The average Bonchev–Trinajstić information content (AvgIpc) is 2.29. The second kappa shape index (κ2) is 2.95. The highest BCUT2D eigenvalue weighted by Gasteiger charge is 2.25. The summed E-state index contributed by atoms with van der Waals surface area (Å²) in [5.74, 6) is -0.0302. The number of hydrogen-bond donors (Lipinski definition) is 2. The molecule has 0 unspecified atom stereocenters. The first-order chi connectivity index (χ1) is 5.82. The molecule has 0 aromatic carbocycles.